The Hall–Kier alpha value is -0.350. The van der Waals surface area contributed by atoms with Crippen LogP contribution < -0.4 is 5.32 Å². The van der Waals surface area contributed by atoms with Gasteiger partial charge in [0, 0.05) is 33.9 Å². The summed E-state index contributed by atoms with van der Waals surface area (Å²) < 4.78 is 5.30. The van der Waals surface area contributed by atoms with E-state index in [1.165, 1.54) is 0 Å². The van der Waals surface area contributed by atoms with Gasteiger partial charge in [0.25, 0.3) is 0 Å². The van der Waals surface area contributed by atoms with Crippen molar-refractivity contribution in [2.45, 2.75) is 12.8 Å². The molecule has 0 aromatic carbocycles. The number of ether oxygens (including phenoxy) is 1. The van der Waals surface area contributed by atoms with E-state index in [1.807, 2.05) is 14.1 Å². The third-order valence-corrected chi connectivity index (χ3v) is 2.95. The van der Waals surface area contributed by atoms with Crippen LogP contribution in [0.3, 0.4) is 0 Å². The van der Waals surface area contributed by atoms with Gasteiger partial charge < -0.3 is 15.0 Å². The van der Waals surface area contributed by atoms with Gasteiger partial charge in [0.05, 0.1) is 0 Å². The highest BCUT2D eigenvalue weighted by atomic mass is 32.1. The van der Waals surface area contributed by atoms with E-state index in [4.69, 9.17) is 17.0 Å². The second kappa shape index (κ2) is 5.40. The Kier molecular flexibility index (Phi) is 4.45. The average Bonchev–Trinajstić information content (AvgIpc) is 2.18. The molecule has 3 nitrogen and oxygen atoms in total. The molecule has 1 aliphatic heterocycles. The molecular formula is C9H18N2OS. The summed E-state index contributed by atoms with van der Waals surface area (Å²) in [6, 6.07) is 0. The molecule has 1 N–H and O–H groups in total. The lowest BCUT2D eigenvalue weighted by molar-refractivity contribution is 0.0612. The molecule has 1 aliphatic rings. The molecule has 76 valence electrons. The van der Waals surface area contributed by atoms with Crippen LogP contribution in [0, 0.1) is 5.92 Å². The third-order valence-electron chi connectivity index (χ3n) is 2.43. The van der Waals surface area contributed by atoms with Crippen molar-refractivity contribution in [3.05, 3.63) is 0 Å². The molecule has 1 heterocycles. The number of hydrogen-bond donors (Lipinski definition) is 1. The maximum atomic E-state index is 5.30. The van der Waals surface area contributed by atoms with Crippen LogP contribution in [0.5, 0.6) is 0 Å². The Balaban J connectivity index is 2.25. The van der Waals surface area contributed by atoms with Gasteiger partial charge in [-0.3, -0.25) is 0 Å². The van der Waals surface area contributed by atoms with E-state index < -0.39 is 0 Å². The SMILES string of the molecule is CNC(=S)N(C)CC1CCOCC1. The first-order valence-corrected chi connectivity index (χ1v) is 5.15. The van der Waals surface area contributed by atoms with E-state index in [2.05, 4.69) is 10.2 Å². The van der Waals surface area contributed by atoms with Crippen LogP contribution in [0.25, 0.3) is 0 Å². The van der Waals surface area contributed by atoms with Crippen molar-refractivity contribution < 1.29 is 4.74 Å². The zero-order valence-corrected chi connectivity index (χ0v) is 9.19. The fourth-order valence-electron chi connectivity index (χ4n) is 1.59. The smallest absolute Gasteiger partial charge is 0.168 e. The quantitative estimate of drug-likeness (QED) is 0.671. The molecule has 1 fully saturated rings. The van der Waals surface area contributed by atoms with Gasteiger partial charge in [-0.25, -0.2) is 0 Å². The highest BCUT2D eigenvalue weighted by molar-refractivity contribution is 7.80. The lowest BCUT2D eigenvalue weighted by Crippen LogP contribution is -2.39. The molecule has 0 spiro atoms. The highest BCUT2D eigenvalue weighted by Crippen LogP contribution is 2.15. The molecule has 0 radical (unpaired) electrons. The van der Waals surface area contributed by atoms with Crippen molar-refractivity contribution >= 4 is 17.3 Å². The van der Waals surface area contributed by atoms with E-state index in [0.717, 1.165) is 43.6 Å². The molecule has 1 rings (SSSR count). The summed E-state index contributed by atoms with van der Waals surface area (Å²) in [4.78, 5) is 2.10. The number of thiocarbonyl (C=S) groups is 1. The highest BCUT2D eigenvalue weighted by Gasteiger charge is 2.16. The number of hydrogen-bond acceptors (Lipinski definition) is 2. The molecule has 0 aromatic heterocycles. The summed E-state index contributed by atoms with van der Waals surface area (Å²) in [5.41, 5.74) is 0. The molecule has 0 amide bonds. The van der Waals surface area contributed by atoms with Crippen molar-refractivity contribution in [2.75, 3.05) is 33.9 Å². The molecule has 0 atom stereocenters. The largest absolute Gasteiger partial charge is 0.381 e. The summed E-state index contributed by atoms with van der Waals surface area (Å²) in [5, 5.41) is 3.81. The molecule has 0 aliphatic carbocycles. The Morgan fingerprint density at radius 1 is 1.54 bits per heavy atom. The Bertz CT molecular complexity index is 169. The summed E-state index contributed by atoms with van der Waals surface area (Å²) in [6.45, 7) is 2.86. The van der Waals surface area contributed by atoms with Gasteiger partial charge in [-0.15, -0.1) is 0 Å². The van der Waals surface area contributed by atoms with Gasteiger partial charge in [-0.1, -0.05) is 0 Å². The summed E-state index contributed by atoms with van der Waals surface area (Å²) >= 11 is 5.13. The lowest BCUT2D eigenvalue weighted by Gasteiger charge is -2.28. The van der Waals surface area contributed by atoms with Gasteiger partial charge in [0.15, 0.2) is 5.11 Å². The topological polar surface area (TPSA) is 24.5 Å². The van der Waals surface area contributed by atoms with Gasteiger partial charge in [-0.05, 0) is 31.0 Å². The van der Waals surface area contributed by atoms with Crippen molar-refractivity contribution in [2.24, 2.45) is 5.92 Å². The van der Waals surface area contributed by atoms with Crippen LogP contribution in [0.2, 0.25) is 0 Å². The molecule has 1 saturated heterocycles. The minimum absolute atomic E-state index is 0.741. The fourth-order valence-corrected chi connectivity index (χ4v) is 1.66. The molecule has 4 heteroatoms. The summed E-state index contributed by atoms with van der Waals surface area (Å²) in [7, 11) is 3.90. The normalized spacial score (nSPS) is 18.3. The third kappa shape index (κ3) is 3.48. The Morgan fingerprint density at radius 2 is 2.15 bits per heavy atom. The van der Waals surface area contributed by atoms with Crippen LogP contribution in [0.1, 0.15) is 12.8 Å². The number of nitrogens with zero attached hydrogens (tertiary/aromatic N) is 1. The molecule has 0 unspecified atom stereocenters. The summed E-state index contributed by atoms with van der Waals surface area (Å²) in [6.07, 6.45) is 2.33. The van der Waals surface area contributed by atoms with E-state index in [9.17, 15) is 0 Å². The van der Waals surface area contributed by atoms with Crippen LogP contribution >= 0.6 is 12.2 Å². The lowest BCUT2D eigenvalue weighted by atomic mass is 10.0. The van der Waals surface area contributed by atoms with Gasteiger partial charge in [0.2, 0.25) is 0 Å². The minimum atomic E-state index is 0.741. The van der Waals surface area contributed by atoms with Crippen molar-refractivity contribution in [3.63, 3.8) is 0 Å². The van der Waals surface area contributed by atoms with Crippen LogP contribution in [-0.4, -0.2) is 43.9 Å². The van der Waals surface area contributed by atoms with Crippen LogP contribution in [-0.2, 0) is 4.74 Å². The molecule has 0 aromatic rings. The standard InChI is InChI=1S/C9H18N2OS/c1-10-9(13)11(2)7-8-3-5-12-6-4-8/h8H,3-7H2,1-2H3,(H,10,13). The van der Waals surface area contributed by atoms with Gasteiger partial charge >= 0.3 is 0 Å². The molecule has 0 saturated carbocycles. The van der Waals surface area contributed by atoms with E-state index in [-0.39, 0.29) is 0 Å². The predicted molar refractivity (Wildman–Crippen MR) is 57.8 cm³/mol. The van der Waals surface area contributed by atoms with Crippen molar-refractivity contribution in [3.8, 4) is 0 Å². The molecule has 0 bridgehead atoms. The molecular weight excluding hydrogens is 184 g/mol. The summed E-state index contributed by atoms with van der Waals surface area (Å²) in [5.74, 6) is 0.741. The second-order valence-electron chi connectivity index (χ2n) is 3.49. The maximum absolute atomic E-state index is 5.30. The maximum Gasteiger partial charge on any atom is 0.168 e. The number of nitrogens with one attached hydrogen (secondary N) is 1. The Labute approximate surface area is 85.4 Å². The van der Waals surface area contributed by atoms with Crippen molar-refractivity contribution in [1.82, 2.24) is 10.2 Å². The van der Waals surface area contributed by atoms with Crippen LogP contribution in [0.15, 0.2) is 0 Å². The van der Waals surface area contributed by atoms with E-state index in [0.29, 0.717) is 0 Å². The van der Waals surface area contributed by atoms with Gasteiger partial charge in [-0.2, -0.15) is 0 Å². The predicted octanol–water partition coefficient (Wildman–Crippen LogP) is 0.849. The number of rotatable bonds is 2. The Morgan fingerprint density at radius 3 is 2.69 bits per heavy atom. The average molecular weight is 202 g/mol. The first kappa shape index (κ1) is 10.7. The zero-order chi connectivity index (χ0) is 9.68. The second-order valence-corrected chi connectivity index (χ2v) is 3.88. The van der Waals surface area contributed by atoms with E-state index in [1.54, 1.807) is 0 Å². The zero-order valence-electron chi connectivity index (χ0n) is 8.38. The first-order valence-electron chi connectivity index (χ1n) is 4.74. The first-order chi connectivity index (χ1) is 6.24. The minimum Gasteiger partial charge on any atom is -0.381 e. The van der Waals surface area contributed by atoms with Gasteiger partial charge in [0.1, 0.15) is 0 Å². The van der Waals surface area contributed by atoms with E-state index >= 15 is 0 Å². The monoisotopic (exact) mass is 202 g/mol. The molecule has 13 heavy (non-hydrogen) atoms. The van der Waals surface area contributed by atoms with Crippen molar-refractivity contribution in [1.29, 1.82) is 0 Å². The fraction of sp³-hybridized carbons (Fsp3) is 0.889. The van der Waals surface area contributed by atoms with Crippen LogP contribution in [0.4, 0.5) is 0 Å².